The van der Waals surface area contributed by atoms with Gasteiger partial charge in [0.15, 0.2) is 0 Å². The summed E-state index contributed by atoms with van der Waals surface area (Å²) in [6.07, 6.45) is 1.73. The number of benzene rings is 1. The second-order valence-electron chi connectivity index (χ2n) is 5.88. The van der Waals surface area contributed by atoms with Gasteiger partial charge in [0.2, 0.25) is 11.8 Å². The average Bonchev–Trinajstić information content (AvgIpc) is 2.59. The van der Waals surface area contributed by atoms with Crippen LogP contribution in [0.3, 0.4) is 0 Å². The summed E-state index contributed by atoms with van der Waals surface area (Å²) in [6, 6.07) is 7.91. The maximum atomic E-state index is 12.2. The molecule has 0 bridgehead atoms. The van der Waals surface area contributed by atoms with Gasteiger partial charge in [-0.15, -0.1) is 0 Å². The van der Waals surface area contributed by atoms with E-state index in [1.807, 2.05) is 47.9 Å². The fourth-order valence-corrected chi connectivity index (χ4v) is 2.63. The van der Waals surface area contributed by atoms with Crippen LogP contribution in [0.2, 0.25) is 0 Å². The van der Waals surface area contributed by atoms with Crippen LogP contribution in [-0.2, 0) is 9.59 Å². The number of piperazine rings is 1. The molecule has 1 aromatic carbocycles. The van der Waals surface area contributed by atoms with E-state index < -0.39 is 0 Å². The van der Waals surface area contributed by atoms with E-state index in [-0.39, 0.29) is 11.8 Å². The zero-order chi connectivity index (χ0) is 16.7. The van der Waals surface area contributed by atoms with Crippen molar-refractivity contribution in [2.45, 2.75) is 33.1 Å². The summed E-state index contributed by atoms with van der Waals surface area (Å²) in [6.45, 7) is 7.04. The molecule has 2 amide bonds. The summed E-state index contributed by atoms with van der Waals surface area (Å²) in [5.41, 5.74) is 1.20. The number of amides is 2. The third kappa shape index (κ3) is 5.27. The molecule has 0 atom stereocenters. The number of ether oxygens (including phenoxy) is 1. The van der Waals surface area contributed by atoms with Crippen LogP contribution in [0.1, 0.15) is 31.7 Å². The molecule has 2 rings (SSSR count). The molecule has 0 spiro atoms. The zero-order valence-electron chi connectivity index (χ0n) is 14.1. The largest absolute Gasteiger partial charge is 0.494 e. The molecule has 1 saturated heterocycles. The molecule has 1 aliphatic rings. The maximum absolute atomic E-state index is 12.2. The van der Waals surface area contributed by atoms with Crippen molar-refractivity contribution in [2.75, 3.05) is 32.8 Å². The van der Waals surface area contributed by atoms with Crippen LogP contribution in [0.4, 0.5) is 0 Å². The number of hydrogen-bond acceptors (Lipinski definition) is 3. The molecule has 0 saturated carbocycles. The van der Waals surface area contributed by atoms with E-state index in [2.05, 4.69) is 0 Å². The van der Waals surface area contributed by atoms with Gasteiger partial charge in [0.05, 0.1) is 6.61 Å². The van der Waals surface area contributed by atoms with Crippen LogP contribution < -0.4 is 4.74 Å². The van der Waals surface area contributed by atoms with Crippen LogP contribution in [0.25, 0.3) is 0 Å². The highest BCUT2D eigenvalue weighted by Crippen LogP contribution is 2.12. The Labute approximate surface area is 138 Å². The van der Waals surface area contributed by atoms with Crippen molar-refractivity contribution >= 4 is 11.8 Å². The number of carbonyl (C=O) groups is 2. The first-order valence-corrected chi connectivity index (χ1v) is 8.35. The van der Waals surface area contributed by atoms with Crippen molar-refractivity contribution < 1.29 is 14.3 Å². The fraction of sp³-hybridized carbons (Fsp3) is 0.556. The Balaban J connectivity index is 1.64. The van der Waals surface area contributed by atoms with Crippen LogP contribution in [0.5, 0.6) is 5.75 Å². The predicted octanol–water partition coefficient (Wildman–Crippen LogP) is 2.23. The fourth-order valence-electron chi connectivity index (χ4n) is 2.63. The van der Waals surface area contributed by atoms with Gasteiger partial charge in [0, 0.05) is 39.0 Å². The second kappa shape index (κ2) is 8.56. The van der Waals surface area contributed by atoms with Gasteiger partial charge in [-0.1, -0.05) is 24.6 Å². The smallest absolute Gasteiger partial charge is 0.222 e. The molecular weight excluding hydrogens is 292 g/mol. The molecule has 1 heterocycles. The lowest BCUT2D eigenvalue weighted by Gasteiger charge is -2.34. The van der Waals surface area contributed by atoms with Crippen LogP contribution in [0.15, 0.2) is 24.3 Å². The SMILES string of the molecule is CCC(=O)N1CCN(C(=O)CCCOc2ccc(C)cc2)CC1. The van der Waals surface area contributed by atoms with Crippen molar-refractivity contribution in [3.05, 3.63) is 29.8 Å². The van der Waals surface area contributed by atoms with Crippen LogP contribution in [-0.4, -0.2) is 54.4 Å². The van der Waals surface area contributed by atoms with Gasteiger partial charge in [-0.05, 0) is 25.5 Å². The zero-order valence-corrected chi connectivity index (χ0v) is 14.1. The first-order valence-electron chi connectivity index (χ1n) is 8.35. The van der Waals surface area contributed by atoms with Crippen molar-refractivity contribution in [2.24, 2.45) is 0 Å². The van der Waals surface area contributed by atoms with Gasteiger partial charge in [-0.2, -0.15) is 0 Å². The Hall–Kier alpha value is -2.04. The van der Waals surface area contributed by atoms with Crippen molar-refractivity contribution in [1.29, 1.82) is 0 Å². The summed E-state index contributed by atoms with van der Waals surface area (Å²) in [7, 11) is 0. The maximum Gasteiger partial charge on any atom is 0.222 e. The minimum absolute atomic E-state index is 0.154. The Morgan fingerprint density at radius 1 is 1.00 bits per heavy atom. The van der Waals surface area contributed by atoms with Gasteiger partial charge >= 0.3 is 0 Å². The molecule has 0 N–H and O–H groups in total. The number of carbonyl (C=O) groups excluding carboxylic acids is 2. The lowest BCUT2D eigenvalue weighted by Crippen LogP contribution is -2.50. The Bertz CT molecular complexity index is 520. The highest BCUT2D eigenvalue weighted by atomic mass is 16.5. The van der Waals surface area contributed by atoms with Gasteiger partial charge in [-0.3, -0.25) is 9.59 Å². The molecule has 0 aromatic heterocycles. The molecule has 5 heteroatoms. The molecule has 0 radical (unpaired) electrons. The Kier molecular flexibility index (Phi) is 6.44. The van der Waals surface area contributed by atoms with Gasteiger partial charge in [0.25, 0.3) is 0 Å². The van der Waals surface area contributed by atoms with Gasteiger partial charge < -0.3 is 14.5 Å². The molecule has 5 nitrogen and oxygen atoms in total. The van der Waals surface area contributed by atoms with Crippen molar-refractivity contribution in [1.82, 2.24) is 9.80 Å². The highest BCUT2D eigenvalue weighted by Gasteiger charge is 2.22. The van der Waals surface area contributed by atoms with E-state index in [9.17, 15) is 9.59 Å². The van der Waals surface area contributed by atoms with Crippen molar-refractivity contribution in [3.63, 3.8) is 0 Å². The molecule has 1 aliphatic heterocycles. The number of rotatable bonds is 6. The number of aryl methyl sites for hydroxylation is 1. The topological polar surface area (TPSA) is 49.9 Å². The molecule has 0 aliphatic carbocycles. The molecular formula is C18H26N2O3. The Morgan fingerprint density at radius 3 is 2.13 bits per heavy atom. The first kappa shape index (κ1) is 17.3. The summed E-state index contributed by atoms with van der Waals surface area (Å²) in [5, 5.41) is 0. The predicted molar refractivity (Wildman–Crippen MR) is 89.4 cm³/mol. The van der Waals surface area contributed by atoms with E-state index in [0.717, 1.165) is 5.75 Å². The lowest BCUT2D eigenvalue weighted by molar-refractivity contribution is -0.139. The summed E-state index contributed by atoms with van der Waals surface area (Å²) in [4.78, 5) is 27.5. The number of hydrogen-bond donors (Lipinski definition) is 0. The summed E-state index contributed by atoms with van der Waals surface area (Å²) >= 11 is 0. The molecule has 1 fully saturated rings. The second-order valence-corrected chi connectivity index (χ2v) is 5.88. The average molecular weight is 318 g/mol. The molecule has 23 heavy (non-hydrogen) atoms. The normalized spacial score (nSPS) is 14.7. The van der Waals surface area contributed by atoms with E-state index >= 15 is 0 Å². The Morgan fingerprint density at radius 2 is 1.57 bits per heavy atom. The number of nitrogens with zero attached hydrogens (tertiary/aromatic N) is 2. The van der Waals surface area contributed by atoms with E-state index in [1.54, 1.807) is 0 Å². The minimum Gasteiger partial charge on any atom is -0.494 e. The van der Waals surface area contributed by atoms with Gasteiger partial charge in [0.1, 0.15) is 5.75 Å². The third-order valence-corrected chi connectivity index (χ3v) is 4.11. The molecule has 0 unspecified atom stereocenters. The molecule has 126 valence electrons. The standard InChI is InChI=1S/C18H26N2O3/c1-3-17(21)19-10-12-20(13-11-19)18(22)5-4-14-23-16-8-6-15(2)7-9-16/h6-9H,3-5,10-14H2,1-2H3. The minimum atomic E-state index is 0.154. The van der Waals surface area contributed by atoms with Crippen LogP contribution in [0, 0.1) is 6.92 Å². The van der Waals surface area contributed by atoms with E-state index in [1.165, 1.54) is 5.56 Å². The lowest BCUT2D eigenvalue weighted by atomic mass is 10.2. The first-order chi connectivity index (χ1) is 11.1. The van der Waals surface area contributed by atoms with E-state index in [4.69, 9.17) is 4.74 Å². The highest BCUT2D eigenvalue weighted by molar-refractivity contribution is 5.78. The molecule has 1 aromatic rings. The summed E-state index contributed by atoms with van der Waals surface area (Å²) in [5.74, 6) is 1.17. The monoisotopic (exact) mass is 318 g/mol. The van der Waals surface area contributed by atoms with Crippen LogP contribution >= 0.6 is 0 Å². The summed E-state index contributed by atoms with van der Waals surface area (Å²) < 4.78 is 5.64. The van der Waals surface area contributed by atoms with Crippen molar-refractivity contribution in [3.8, 4) is 5.75 Å². The third-order valence-electron chi connectivity index (χ3n) is 4.11. The quantitative estimate of drug-likeness (QED) is 0.756. The van der Waals surface area contributed by atoms with Gasteiger partial charge in [-0.25, -0.2) is 0 Å². The van der Waals surface area contributed by atoms with E-state index in [0.29, 0.717) is 52.0 Å².